The van der Waals surface area contributed by atoms with Gasteiger partial charge in [0.15, 0.2) is 0 Å². The summed E-state index contributed by atoms with van der Waals surface area (Å²) in [7, 11) is 0. The van der Waals surface area contributed by atoms with Crippen LogP contribution in [0.2, 0.25) is 0 Å². The van der Waals surface area contributed by atoms with Crippen LogP contribution in [0.4, 0.5) is 11.6 Å². The number of carbonyl (C=O) groups excluding carboxylic acids is 1. The number of nitrogens with zero attached hydrogens (tertiary/aromatic N) is 5. The smallest absolute Gasteiger partial charge is 0.274 e. The number of carbonyl (C=O) groups is 1. The van der Waals surface area contributed by atoms with Crippen LogP contribution in [0, 0.1) is 13.8 Å². The predicted octanol–water partition coefficient (Wildman–Crippen LogP) is 3.29. The van der Waals surface area contributed by atoms with Crippen molar-refractivity contribution in [1.29, 1.82) is 0 Å². The van der Waals surface area contributed by atoms with E-state index in [0.717, 1.165) is 55.2 Å². The van der Waals surface area contributed by atoms with Crippen molar-refractivity contribution in [2.75, 3.05) is 23.3 Å². The number of aromatic nitrogens is 4. The first-order valence-corrected chi connectivity index (χ1v) is 9.40. The Balaban J connectivity index is 1.92. The number of anilines is 2. The normalized spacial score (nSPS) is 14.3. The second-order valence-electron chi connectivity index (χ2n) is 7.14. The first-order valence-electron chi connectivity index (χ1n) is 9.40. The van der Waals surface area contributed by atoms with Gasteiger partial charge < -0.3 is 10.2 Å². The fourth-order valence-corrected chi connectivity index (χ4v) is 3.29. The molecule has 1 aliphatic rings. The standard InChI is InChI=1S/C19H28N6O/c1-6-25-14(5)17(13(4)23-25)22-18(26)16-11-15(12(2)3)20-19(21-16)24-9-7-8-10-24/h11-12H,6-10H2,1-5H3,(H,22,26). The Morgan fingerprint density at radius 1 is 1.23 bits per heavy atom. The van der Waals surface area contributed by atoms with E-state index in [1.165, 1.54) is 0 Å². The van der Waals surface area contributed by atoms with Gasteiger partial charge in [0.25, 0.3) is 5.91 Å². The molecule has 26 heavy (non-hydrogen) atoms. The molecule has 1 amide bonds. The average molecular weight is 356 g/mol. The Morgan fingerprint density at radius 2 is 1.92 bits per heavy atom. The molecular formula is C19H28N6O. The van der Waals surface area contributed by atoms with Crippen LogP contribution >= 0.6 is 0 Å². The molecular weight excluding hydrogens is 328 g/mol. The summed E-state index contributed by atoms with van der Waals surface area (Å²) in [4.78, 5) is 24.3. The van der Waals surface area contributed by atoms with Crippen LogP contribution in [0.1, 0.15) is 67.1 Å². The molecule has 0 saturated carbocycles. The van der Waals surface area contributed by atoms with Gasteiger partial charge in [0, 0.05) is 25.3 Å². The maximum absolute atomic E-state index is 12.9. The van der Waals surface area contributed by atoms with Gasteiger partial charge in [-0.2, -0.15) is 5.10 Å². The second kappa shape index (κ2) is 7.43. The van der Waals surface area contributed by atoms with Crippen molar-refractivity contribution in [3.8, 4) is 0 Å². The fourth-order valence-electron chi connectivity index (χ4n) is 3.29. The third kappa shape index (κ3) is 3.57. The zero-order chi connectivity index (χ0) is 18.8. The third-order valence-corrected chi connectivity index (χ3v) is 4.87. The lowest BCUT2D eigenvalue weighted by molar-refractivity contribution is 0.102. The lowest BCUT2D eigenvalue weighted by atomic mass is 10.1. The van der Waals surface area contributed by atoms with Crippen molar-refractivity contribution in [2.24, 2.45) is 0 Å². The molecule has 3 rings (SSSR count). The first kappa shape index (κ1) is 18.4. The maximum atomic E-state index is 12.9. The molecule has 0 aliphatic carbocycles. The van der Waals surface area contributed by atoms with E-state index in [4.69, 9.17) is 0 Å². The van der Waals surface area contributed by atoms with Gasteiger partial charge in [-0.05, 0) is 45.6 Å². The summed E-state index contributed by atoms with van der Waals surface area (Å²) in [6.45, 7) is 12.7. The molecule has 1 aliphatic heterocycles. The molecule has 0 bridgehead atoms. The highest BCUT2D eigenvalue weighted by molar-refractivity contribution is 6.03. The Hall–Kier alpha value is -2.44. The lowest BCUT2D eigenvalue weighted by Gasteiger charge is -2.18. The van der Waals surface area contributed by atoms with Gasteiger partial charge in [-0.25, -0.2) is 9.97 Å². The Morgan fingerprint density at radius 3 is 2.50 bits per heavy atom. The highest BCUT2D eigenvalue weighted by Crippen LogP contribution is 2.23. The van der Waals surface area contributed by atoms with Crippen molar-refractivity contribution in [3.63, 3.8) is 0 Å². The summed E-state index contributed by atoms with van der Waals surface area (Å²) in [5, 5.41) is 7.47. The largest absolute Gasteiger partial charge is 0.341 e. The fraction of sp³-hybridized carbons (Fsp3) is 0.579. The lowest BCUT2D eigenvalue weighted by Crippen LogP contribution is -2.24. The SMILES string of the molecule is CCn1nc(C)c(NC(=O)c2cc(C(C)C)nc(N3CCCC3)n2)c1C. The van der Waals surface area contributed by atoms with E-state index in [1.807, 2.05) is 25.5 Å². The summed E-state index contributed by atoms with van der Waals surface area (Å²) in [5.41, 5.74) is 3.84. The summed E-state index contributed by atoms with van der Waals surface area (Å²) < 4.78 is 1.89. The van der Waals surface area contributed by atoms with Crippen molar-refractivity contribution < 1.29 is 4.79 Å². The van der Waals surface area contributed by atoms with Crippen molar-refractivity contribution in [3.05, 3.63) is 28.8 Å². The minimum Gasteiger partial charge on any atom is -0.341 e. The van der Waals surface area contributed by atoms with E-state index in [2.05, 4.69) is 39.1 Å². The van der Waals surface area contributed by atoms with Gasteiger partial charge in [-0.15, -0.1) is 0 Å². The van der Waals surface area contributed by atoms with Gasteiger partial charge in [-0.1, -0.05) is 13.8 Å². The van der Waals surface area contributed by atoms with E-state index < -0.39 is 0 Å². The zero-order valence-electron chi connectivity index (χ0n) is 16.3. The molecule has 140 valence electrons. The van der Waals surface area contributed by atoms with E-state index in [0.29, 0.717) is 11.6 Å². The number of nitrogens with one attached hydrogen (secondary N) is 1. The van der Waals surface area contributed by atoms with Crippen LogP contribution in [-0.2, 0) is 6.54 Å². The number of hydrogen-bond donors (Lipinski definition) is 1. The molecule has 1 fully saturated rings. The number of aryl methyl sites for hydroxylation is 2. The predicted molar refractivity (Wildman–Crippen MR) is 103 cm³/mol. The van der Waals surface area contributed by atoms with Gasteiger partial charge in [0.05, 0.1) is 17.1 Å². The third-order valence-electron chi connectivity index (χ3n) is 4.87. The van der Waals surface area contributed by atoms with Crippen LogP contribution in [-0.4, -0.2) is 38.7 Å². The molecule has 3 heterocycles. The van der Waals surface area contributed by atoms with Gasteiger partial charge >= 0.3 is 0 Å². The minimum atomic E-state index is -0.211. The van der Waals surface area contributed by atoms with Gasteiger partial charge in [0.1, 0.15) is 5.69 Å². The summed E-state index contributed by atoms with van der Waals surface area (Å²) in [5.74, 6) is 0.686. The van der Waals surface area contributed by atoms with Crippen LogP contribution in [0.3, 0.4) is 0 Å². The second-order valence-corrected chi connectivity index (χ2v) is 7.14. The Kier molecular flexibility index (Phi) is 5.25. The summed E-state index contributed by atoms with van der Waals surface area (Å²) >= 11 is 0. The van der Waals surface area contributed by atoms with Gasteiger partial charge in [-0.3, -0.25) is 9.48 Å². The summed E-state index contributed by atoms with van der Waals surface area (Å²) in [6, 6.07) is 1.80. The van der Waals surface area contributed by atoms with Crippen LogP contribution in [0.15, 0.2) is 6.07 Å². The number of hydrogen-bond acceptors (Lipinski definition) is 5. The van der Waals surface area contributed by atoms with Gasteiger partial charge in [0.2, 0.25) is 5.95 Å². The quantitative estimate of drug-likeness (QED) is 0.890. The minimum absolute atomic E-state index is 0.211. The molecule has 1 N–H and O–H groups in total. The number of amides is 1. The van der Waals surface area contributed by atoms with Crippen molar-refractivity contribution in [2.45, 2.75) is 59.9 Å². The molecule has 7 nitrogen and oxygen atoms in total. The highest BCUT2D eigenvalue weighted by Gasteiger charge is 2.21. The Labute approximate surface area is 154 Å². The zero-order valence-corrected chi connectivity index (χ0v) is 16.3. The van der Waals surface area contributed by atoms with Crippen LogP contribution in [0.5, 0.6) is 0 Å². The monoisotopic (exact) mass is 356 g/mol. The van der Waals surface area contributed by atoms with Crippen molar-refractivity contribution >= 4 is 17.5 Å². The molecule has 1 saturated heterocycles. The molecule has 0 aromatic carbocycles. The number of rotatable bonds is 5. The topological polar surface area (TPSA) is 75.9 Å². The van der Waals surface area contributed by atoms with Crippen LogP contribution in [0.25, 0.3) is 0 Å². The molecule has 0 spiro atoms. The van der Waals surface area contributed by atoms with E-state index >= 15 is 0 Å². The average Bonchev–Trinajstić information content (AvgIpc) is 3.25. The highest BCUT2D eigenvalue weighted by atomic mass is 16.1. The molecule has 2 aromatic heterocycles. The Bertz CT molecular complexity index is 805. The molecule has 2 aromatic rings. The summed E-state index contributed by atoms with van der Waals surface area (Å²) in [6.07, 6.45) is 2.29. The van der Waals surface area contributed by atoms with E-state index in [1.54, 1.807) is 6.07 Å². The van der Waals surface area contributed by atoms with Crippen LogP contribution < -0.4 is 10.2 Å². The molecule has 0 atom stereocenters. The maximum Gasteiger partial charge on any atom is 0.274 e. The van der Waals surface area contributed by atoms with E-state index in [9.17, 15) is 4.79 Å². The van der Waals surface area contributed by atoms with E-state index in [-0.39, 0.29) is 11.8 Å². The molecule has 0 radical (unpaired) electrons. The first-order chi connectivity index (χ1) is 12.4. The van der Waals surface area contributed by atoms with Crippen molar-refractivity contribution in [1.82, 2.24) is 19.7 Å². The molecule has 0 unspecified atom stereocenters. The molecule has 7 heteroatoms.